The average molecular weight is 258 g/mol. The first kappa shape index (κ1) is 12.6. The molecule has 1 aromatic rings. The van der Waals surface area contributed by atoms with E-state index in [1.807, 2.05) is 6.26 Å². The summed E-state index contributed by atoms with van der Waals surface area (Å²) in [7, 11) is 0. The van der Waals surface area contributed by atoms with Crippen LogP contribution in [0.5, 0.6) is 0 Å². The van der Waals surface area contributed by atoms with Crippen LogP contribution in [0, 0.1) is 0 Å². The van der Waals surface area contributed by atoms with Crippen LogP contribution < -0.4 is 5.69 Å². The number of hydrogen-bond donors (Lipinski definition) is 2. The summed E-state index contributed by atoms with van der Waals surface area (Å²) in [6.45, 7) is -0.262. The average Bonchev–Trinajstić information content (AvgIpc) is 2.71. The zero-order valence-electron chi connectivity index (χ0n) is 9.31. The van der Waals surface area contributed by atoms with Crippen molar-refractivity contribution in [2.24, 2.45) is 0 Å². The third-order valence-electron chi connectivity index (χ3n) is 2.72. The number of thioether (sulfide) groups is 1. The molecule has 94 valence electrons. The SMILES string of the molecule is CSc1cnc(=O)n(C2CC(O)C(CO)O2)c1. The van der Waals surface area contributed by atoms with Crippen molar-refractivity contribution in [2.45, 2.75) is 29.8 Å². The van der Waals surface area contributed by atoms with Gasteiger partial charge in [-0.1, -0.05) is 0 Å². The Balaban J connectivity index is 2.26. The fourth-order valence-corrected chi connectivity index (χ4v) is 2.15. The molecular formula is C10H14N2O4S. The maximum atomic E-state index is 11.6. The van der Waals surface area contributed by atoms with Crippen molar-refractivity contribution in [1.82, 2.24) is 9.55 Å². The smallest absolute Gasteiger partial charge is 0.349 e. The summed E-state index contributed by atoms with van der Waals surface area (Å²) in [5.41, 5.74) is -0.418. The summed E-state index contributed by atoms with van der Waals surface area (Å²) in [6, 6.07) is 0. The number of hydrogen-bond acceptors (Lipinski definition) is 6. The molecule has 3 unspecified atom stereocenters. The minimum Gasteiger partial charge on any atom is -0.394 e. The topological polar surface area (TPSA) is 84.6 Å². The van der Waals surface area contributed by atoms with Gasteiger partial charge in [0, 0.05) is 23.7 Å². The predicted molar refractivity (Wildman–Crippen MR) is 61.9 cm³/mol. The molecule has 2 N–H and O–H groups in total. The van der Waals surface area contributed by atoms with Gasteiger partial charge in [-0.2, -0.15) is 0 Å². The van der Waals surface area contributed by atoms with Crippen LogP contribution in [0.2, 0.25) is 0 Å². The van der Waals surface area contributed by atoms with Crippen molar-refractivity contribution in [1.29, 1.82) is 0 Å². The summed E-state index contributed by atoms with van der Waals surface area (Å²) in [5, 5.41) is 18.6. The van der Waals surface area contributed by atoms with Crippen LogP contribution in [0.1, 0.15) is 12.6 Å². The summed E-state index contributed by atoms with van der Waals surface area (Å²) in [4.78, 5) is 16.2. The molecule has 0 saturated carbocycles. The van der Waals surface area contributed by atoms with Crippen molar-refractivity contribution < 1.29 is 14.9 Å². The van der Waals surface area contributed by atoms with E-state index in [-0.39, 0.29) is 13.0 Å². The molecule has 1 aromatic heterocycles. The fraction of sp³-hybridized carbons (Fsp3) is 0.600. The molecule has 6 nitrogen and oxygen atoms in total. The van der Waals surface area contributed by atoms with E-state index in [0.29, 0.717) is 0 Å². The van der Waals surface area contributed by atoms with Gasteiger partial charge in [0.25, 0.3) is 0 Å². The molecule has 1 aliphatic rings. The van der Waals surface area contributed by atoms with Gasteiger partial charge >= 0.3 is 5.69 Å². The Morgan fingerprint density at radius 2 is 2.47 bits per heavy atom. The van der Waals surface area contributed by atoms with Crippen LogP contribution in [0.25, 0.3) is 0 Å². The maximum Gasteiger partial charge on any atom is 0.349 e. The Morgan fingerprint density at radius 1 is 1.71 bits per heavy atom. The molecule has 7 heteroatoms. The van der Waals surface area contributed by atoms with Crippen LogP contribution >= 0.6 is 11.8 Å². The fourth-order valence-electron chi connectivity index (χ4n) is 1.77. The van der Waals surface area contributed by atoms with Gasteiger partial charge in [-0.3, -0.25) is 4.57 Å². The van der Waals surface area contributed by atoms with E-state index in [1.54, 1.807) is 6.20 Å². The van der Waals surface area contributed by atoms with Crippen molar-refractivity contribution in [3.63, 3.8) is 0 Å². The summed E-state index contributed by atoms with van der Waals surface area (Å²) in [6.07, 6.45) is 3.36. The van der Waals surface area contributed by atoms with E-state index in [9.17, 15) is 9.90 Å². The molecule has 0 bridgehead atoms. The van der Waals surface area contributed by atoms with Crippen molar-refractivity contribution in [3.05, 3.63) is 22.9 Å². The summed E-state index contributed by atoms with van der Waals surface area (Å²) < 4.78 is 6.75. The number of aliphatic hydroxyl groups excluding tert-OH is 2. The second-order valence-corrected chi connectivity index (χ2v) is 4.68. The molecule has 2 heterocycles. The number of nitrogens with zero attached hydrogens (tertiary/aromatic N) is 2. The standard InChI is InChI=1S/C10H14N2O4S/c1-17-6-3-11-10(15)12(4-6)9-2-7(14)8(5-13)16-9/h3-4,7-9,13-14H,2,5H2,1H3. The third-order valence-corrected chi connectivity index (χ3v) is 3.40. The van der Waals surface area contributed by atoms with Crippen LogP contribution in [-0.4, -0.2) is 44.8 Å². The van der Waals surface area contributed by atoms with Gasteiger partial charge in [0.15, 0.2) is 0 Å². The van der Waals surface area contributed by atoms with Crippen molar-refractivity contribution in [2.75, 3.05) is 12.9 Å². The molecule has 1 aliphatic heterocycles. The molecule has 1 saturated heterocycles. The lowest BCUT2D eigenvalue weighted by molar-refractivity contribution is -0.0461. The minimum atomic E-state index is -0.755. The minimum absolute atomic E-state index is 0.262. The van der Waals surface area contributed by atoms with Crippen molar-refractivity contribution in [3.8, 4) is 0 Å². The van der Waals surface area contributed by atoms with Gasteiger partial charge in [-0.15, -0.1) is 11.8 Å². The molecule has 17 heavy (non-hydrogen) atoms. The largest absolute Gasteiger partial charge is 0.394 e. The second kappa shape index (κ2) is 5.18. The van der Waals surface area contributed by atoms with Gasteiger partial charge < -0.3 is 14.9 Å². The van der Waals surface area contributed by atoms with Crippen LogP contribution in [0.15, 0.2) is 22.1 Å². The highest BCUT2D eigenvalue weighted by atomic mass is 32.2. The van der Waals surface area contributed by atoms with Crippen LogP contribution in [-0.2, 0) is 4.74 Å². The zero-order chi connectivity index (χ0) is 12.4. The zero-order valence-corrected chi connectivity index (χ0v) is 10.1. The van der Waals surface area contributed by atoms with Gasteiger partial charge in [0.05, 0.1) is 12.7 Å². The summed E-state index contributed by atoms with van der Waals surface area (Å²) >= 11 is 1.47. The first-order valence-corrected chi connectivity index (χ1v) is 6.44. The first-order chi connectivity index (χ1) is 8.15. The number of rotatable bonds is 3. The van der Waals surface area contributed by atoms with Gasteiger partial charge in [0.2, 0.25) is 0 Å². The Morgan fingerprint density at radius 3 is 3.06 bits per heavy atom. The van der Waals surface area contributed by atoms with E-state index in [4.69, 9.17) is 9.84 Å². The Bertz CT molecular complexity index is 450. The predicted octanol–water partition coefficient (Wildman–Crippen LogP) is -0.394. The molecule has 2 rings (SSSR count). The van der Waals surface area contributed by atoms with Gasteiger partial charge in [-0.25, -0.2) is 9.78 Å². The highest BCUT2D eigenvalue weighted by Gasteiger charge is 2.34. The Labute approximate surface area is 102 Å². The van der Waals surface area contributed by atoms with Crippen molar-refractivity contribution >= 4 is 11.8 Å². The molecule has 0 radical (unpaired) electrons. The van der Waals surface area contributed by atoms with E-state index in [2.05, 4.69) is 4.98 Å². The molecule has 0 spiro atoms. The number of ether oxygens (including phenoxy) is 1. The lowest BCUT2D eigenvalue weighted by Gasteiger charge is -2.14. The summed E-state index contributed by atoms with van der Waals surface area (Å²) in [5.74, 6) is 0. The monoisotopic (exact) mass is 258 g/mol. The van der Waals surface area contributed by atoms with E-state index in [0.717, 1.165) is 4.90 Å². The van der Waals surface area contributed by atoms with Gasteiger partial charge in [-0.05, 0) is 6.26 Å². The molecule has 0 aliphatic carbocycles. The molecule has 3 atom stereocenters. The molecule has 0 aromatic carbocycles. The molecule has 1 fully saturated rings. The Hall–Kier alpha value is -0.890. The lowest BCUT2D eigenvalue weighted by Crippen LogP contribution is -2.27. The number of aliphatic hydroxyl groups is 2. The van der Waals surface area contributed by atoms with Gasteiger partial charge in [0.1, 0.15) is 12.3 Å². The quantitative estimate of drug-likeness (QED) is 0.718. The maximum absolute atomic E-state index is 11.6. The Kier molecular flexibility index (Phi) is 3.82. The lowest BCUT2D eigenvalue weighted by atomic mass is 10.2. The molecule has 0 amide bonds. The van der Waals surface area contributed by atoms with E-state index < -0.39 is 24.1 Å². The highest BCUT2D eigenvalue weighted by molar-refractivity contribution is 7.98. The number of aromatic nitrogens is 2. The van der Waals surface area contributed by atoms with E-state index in [1.165, 1.54) is 22.5 Å². The highest BCUT2D eigenvalue weighted by Crippen LogP contribution is 2.27. The first-order valence-electron chi connectivity index (χ1n) is 5.22. The van der Waals surface area contributed by atoms with E-state index >= 15 is 0 Å². The van der Waals surface area contributed by atoms with Crippen LogP contribution in [0.4, 0.5) is 0 Å². The normalized spacial score (nSPS) is 28.5. The molecular weight excluding hydrogens is 244 g/mol. The second-order valence-electron chi connectivity index (χ2n) is 3.80. The third kappa shape index (κ3) is 2.52. The van der Waals surface area contributed by atoms with Crippen LogP contribution in [0.3, 0.4) is 0 Å².